The lowest BCUT2D eigenvalue weighted by molar-refractivity contribution is -0.155. The smallest absolute Gasteiger partial charge is 0.246 e. The molecule has 4 nitrogen and oxygen atoms in total. The first kappa shape index (κ1) is 16.3. The summed E-state index contributed by atoms with van der Waals surface area (Å²) in [6.45, 7) is 11.0. The first-order chi connectivity index (χ1) is 9.75. The van der Waals surface area contributed by atoms with Gasteiger partial charge in [-0.05, 0) is 30.1 Å². The topological polar surface area (TPSA) is 49.4 Å². The zero-order chi connectivity index (χ0) is 15.8. The van der Waals surface area contributed by atoms with E-state index in [-0.39, 0.29) is 29.2 Å². The third-order valence-electron chi connectivity index (χ3n) is 5.15. The number of amides is 2. The van der Waals surface area contributed by atoms with Crippen molar-refractivity contribution >= 4 is 11.8 Å². The lowest BCUT2D eigenvalue weighted by atomic mass is 9.80. The summed E-state index contributed by atoms with van der Waals surface area (Å²) in [5.74, 6) is 0.935. The van der Waals surface area contributed by atoms with Crippen LogP contribution in [0.1, 0.15) is 60.3 Å². The summed E-state index contributed by atoms with van der Waals surface area (Å²) in [5.41, 5.74) is -0.245. The Kier molecular flexibility index (Phi) is 4.64. The van der Waals surface area contributed by atoms with E-state index in [0.29, 0.717) is 5.92 Å². The maximum absolute atomic E-state index is 12.9. The molecule has 0 spiro atoms. The summed E-state index contributed by atoms with van der Waals surface area (Å²) in [6, 6.07) is -0.688. The molecule has 0 aromatic rings. The van der Waals surface area contributed by atoms with E-state index in [4.69, 9.17) is 0 Å². The zero-order valence-corrected chi connectivity index (χ0v) is 14.1. The molecule has 1 saturated carbocycles. The number of carbonyl (C=O) groups excluding carboxylic acids is 2. The number of rotatable bonds is 4. The second-order valence-corrected chi connectivity index (χ2v) is 7.93. The summed E-state index contributed by atoms with van der Waals surface area (Å²) in [5, 5.41) is 2.98. The van der Waals surface area contributed by atoms with Gasteiger partial charge in [-0.1, -0.05) is 47.5 Å². The number of hydrogen-bond donors (Lipinski definition) is 1. The van der Waals surface area contributed by atoms with Crippen molar-refractivity contribution in [1.29, 1.82) is 0 Å². The van der Waals surface area contributed by atoms with Crippen LogP contribution in [0.5, 0.6) is 0 Å². The van der Waals surface area contributed by atoms with E-state index in [0.717, 1.165) is 13.0 Å². The van der Waals surface area contributed by atoms with Gasteiger partial charge in [0, 0.05) is 6.54 Å². The van der Waals surface area contributed by atoms with Crippen LogP contribution in [0.25, 0.3) is 0 Å². The molecule has 1 aliphatic carbocycles. The highest BCUT2D eigenvalue weighted by molar-refractivity contribution is 5.97. The largest absolute Gasteiger partial charge is 0.342 e. The van der Waals surface area contributed by atoms with Crippen molar-refractivity contribution in [2.45, 2.75) is 72.4 Å². The second kappa shape index (κ2) is 5.98. The molecule has 0 aromatic heterocycles. The Morgan fingerprint density at radius 3 is 2.33 bits per heavy atom. The molecule has 3 unspecified atom stereocenters. The Bertz CT molecular complexity index is 410. The Balaban J connectivity index is 2.24. The van der Waals surface area contributed by atoms with E-state index in [1.165, 1.54) is 19.3 Å². The van der Waals surface area contributed by atoms with Gasteiger partial charge in [0.15, 0.2) is 0 Å². The number of nitrogens with one attached hydrogen (secondary N) is 1. The molecule has 1 aliphatic heterocycles. The predicted octanol–water partition coefficient (Wildman–Crippen LogP) is 2.57. The minimum atomic E-state index is -0.398. The molecule has 2 aliphatic rings. The number of hydrogen-bond acceptors (Lipinski definition) is 2. The first-order valence-electron chi connectivity index (χ1n) is 8.36. The van der Waals surface area contributed by atoms with E-state index in [1.54, 1.807) is 0 Å². The van der Waals surface area contributed by atoms with Crippen LogP contribution in [-0.2, 0) is 9.59 Å². The molecule has 1 heterocycles. The molecule has 4 heteroatoms. The lowest BCUT2D eigenvalue weighted by Gasteiger charge is -2.47. The van der Waals surface area contributed by atoms with E-state index >= 15 is 0 Å². The Morgan fingerprint density at radius 1 is 1.29 bits per heavy atom. The van der Waals surface area contributed by atoms with Crippen molar-refractivity contribution in [3.8, 4) is 0 Å². The number of nitrogens with zero attached hydrogens (tertiary/aromatic N) is 1. The van der Waals surface area contributed by atoms with Gasteiger partial charge >= 0.3 is 0 Å². The van der Waals surface area contributed by atoms with Crippen LogP contribution in [0.3, 0.4) is 0 Å². The highest BCUT2D eigenvalue weighted by atomic mass is 16.2. The zero-order valence-electron chi connectivity index (χ0n) is 14.1. The minimum Gasteiger partial charge on any atom is -0.342 e. The molecular weight excluding hydrogens is 264 g/mol. The van der Waals surface area contributed by atoms with E-state index in [9.17, 15) is 9.59 Å². The van der Waals surface area contributed by atoms with E-state index < -0.39 is 6.04 Å². The van der Waals surface area contributed by atoms with Crippen molar-refractivity contribution in [1.82, 2.24) is 10.2 Å². The van der Waals surface area contributed by atoms with Gasteiger partial charge in [-0.25, -0.2) is 0 Å². The average Bonchev–Trinajstić information content (AvgIpc) is 2.34. The molecular formula is C17H30N2O2. The van der Waals surface area contributed by atoms with Gasteiger partial charge in [0.25, 0.3) is 0 Å². The van der Waals surface area contributed by atoms with Gasteiger partial charge in [0.2, 0.25) is 11.8 Å². The molecule has 0 aromatic carbocycles. The van der Waals surface area contributed by atoms with Crippen LogP contribution < -0.4 is 5.32 Å². The van der Waals surface area contributed by atoms with Gasteiger partial charge in [-0.3, -0.25) is 9.59 Å². The van der Waals surface area contributed by atoms with Gasteiger partial charge < -0.3 is 10.2 Å². The van der Waals surface area contributed by atoms with Crippen molar-refractivity contribution in [2.75, 3.05) is 6.54 Å². The highest BCUT2D eigenvalue weighted by Gasteiger charge is 2.47. The normalized spacial score (nSPS) is 29.1. The molecule has 21 heavy (non-hydrogen) atoms. The van der Waals surface area contributed by atoms with Crippen molar-refractivity contribution in [3.63, 3.8) is 0 Å². The maximum atomic E-state index is 12.9. The summed E-state index contributed by atoms with van der Waals surface area (Å²) in [7, 11) is 0. The molecule has 0 radical (unpaired) electrons. The quantitative estimate of drug-likeness (QED) is 0.866. The monoisotopic (exact) mass is 294 g/mol. The van der Waals surface area contributed by atoms with Gasteiger partial charge in [0.1, 0.15) is 12.1 Å². The Morgan fingerprint density at radius 2 is 1.90 bits per heavy atom. The molecule has 1 N–H and O–H groups in total. The van der Waals surface area contributed by atoms with Gasteiger partial charge in [-0.2, -0.15) is 0 Å². The Hall–Kier alpha value is -1.06. The summed E-state index contributed by atoms with van der Waals surface area (Å²) >= 11 is 0. The Labute approximate surface area is 128 Å². The third kappa shape index (κ3) is 3.24. The summed E-state index contributed by atoms with van der Waals surface area (Å²) in [4.78, 5) is 27.4. The molecule has 2 rings (SSSR count). The van der Waals surface area contributed by atoms with Crippen LogP contribution in [0.15, 0.2) is 0 Å². The highest BCUT2D eigenvalue weighted by Crippen LogP contribution is 2.33. The number of carbonyl (C=O) groups is 2. The van der Waals surface area contributed by atoms with E-state index in [2.05, 4.69) is 19.2 Å². The molecule has 3 atom stereocenters. The molecule has 2 amide bonds. The van der Waals surface area contributed by atoms with Crippen LogP contribution in [0.2, 0.25) is 0 Å². The molecule has 120 valence electrons. The maximum Gasteiger partial charge on any atom is 0.246 e. The van der Waals surface area contributed by atoms with Crippen LogP contribution in [0.4, 0.5) is 0 Å². The molecule has 0 bridgehead atoms. The average molecular weight is 294 g/mol. The summed E-state index contributed by atoms with van der Waals surface area (Å²) in [6.07, 6.45) is 4.56. The van der Waals surface area contributed by atoms with Gasteiger partial charge in [0.05, 0.1) is 0 Å². The van der Waals surface area contributed by atoms with Crippen LogP contribution in [-0.4, -0.2) is 35.3 Å². The van der Waals surface area contributed by atoms with E-state index in [1.807, 2.05) is 25.7 Å². The fourth-order valence-corrected chi connectivity index (χ4v) is 3.27. The second-order valence-electron chi connectivity index (χ2n) is 7.93. The fourth-order valence-electron chi connectivity index (χ4n) is 3.27. The minimum absolute atomic E-state index is 0.0307. The SMILES string of the molecule is CCC(C)C1C(=O)NC(C(C)(C)C)C(=O)N1CC1CCC1. The van der Waals surface area contributed by atoms with Crippen LogP contribution >= 0.6 is 0 Å². The fraction of sp³-hybridized carbons (Fsp3) is 0.882. The third-order valence-corrected chi connectivity index (χ3v) is 5.15. The lowest BCUT2D eigenvalue weighted by Crippen LogP contribution is -2.68. The molecule has 2 fully saturated rings. The van der Waals surface area contributed by atoms with Gasteiger partial charge in [-0.15, -0.1) is 0 Å². The van der Waals surface area contributed by atoms with Crippen molar-refractivity contribution in [3.05, 3.63) is 0 Å². The number of piperazine rings is 1. The predicted molar refractivity (Wildman–Crippen MR) is 83.7 cm³/mol. The van der Waals surface area contributed by atoms with Crippen molar-refractivity contribution < 1.29 is 9.59 Å². The first-order valence-corrected chi connectivity index (χ1v) is 8.36. The van der Waals surface area contributed by atoms with Crippen LogP contribution in [0, 0.1) is 17.3 Å². The van der Waals surface area contributed by atoms with Crippen molar-refractivity contribution in [2.24, 2.45) is 17.3 Å². The molecule has 1 saturated heterocycles. The summed E-state index contributed by atoms with van der Waals surface area (Å²) < 4.78 is 0. The standard InChI is InChI=1S/C17H30N2O2/c1-6-11(2)13-15(20)18-14(17(3,4)5)16(21)19(13)10-12-8-7-9-12/h11-14H,6-10H2,1-5H3,(H,18,20).